The van der Waals surface area contributed by atoms with E-state index in [4.69, 9.17) is 11.6 Å². The van der Waals surface area contributed by atoms with Gasteiger partial charge in [-0.15, -0.1) is 24.8 Å². The number of aromatic nitrogens is 1. The third kappa shape index (κ3) is 4.55. The quantitative estimate of drug-likeness (QED) is 0.371. The van der Waals surface area contributed by atoms with Crippen LogP contribution in [0.25, 0.3) is 0 Å². The molecule has 0 aromatic carbocycles. The van der Waals surface area contributed by atoms with E-state index in [2.05, 4.69) is 14.5 Å². The van der Waals surface area contributed by atoms with Gasteiger partial charge in [-0.2, -0.15) is 9.37 Å². The van der Waals surface area contributed by atoms with E-state index >= 15 is 0 Å². The van der Waals surface area contributed by atoms with Crippen LogP contribution in [0.1, 0.15) is 11.1 Å². The standard InChI is InChI=1S/C10H8ClF4NO3/c1-18-7(17)3-5-2-6(4-11)9(16-8(5)12)19-10(13,14)15/h2H,3-4H2,1H3. The molecule has 0 spiro atoms. The Morgan fingerprint density at radius 2 is 2.05 bits per heavy atom. The van der Waals surface area contributed by atoms with Crippen LogP contribution < -0.4 is 4.74 Å². The summed E-state index contributed by atoms with van der Waals surface area (Å²) in [4.78, 5) is 14.0. The number of ether oxygens (including phenoxy) is 2. The number of carbonyl (C=O) groups is 1. The van der Waals surface area contributed by atoms with Crippen LogP contribution in [0.4, 0.5) is 17.6 Å². The lowest BCUT2D eigenvalue weighted by molar-refractivity contribution is -0.276. The molecule has 1 heterocycles. The summed E-state index contributed by atoms with van der Waals surface area (Å²) in [5.74, 6) is -3.37. The fraction of sp³-hybridized carbons (Fsp3) is 0.400. The average Bonchev–Trinajstić information content (AvgIpc) is 2.30. The molecule has 0 unspecified atom stereocenters. The van der Waals surface area contributed by atoms with Crippen molar-refractivity contribution in [2.75, 3.05) is 7.11 Å². The lowest BCUT2D eigenvalue weighted by atomic mass is 10.1. The maximum atomic E-state index is 13.4. The number of pyridine rings is 1. The van der Waals surface area contributed by atoms with Crippen molar-refractivity contribution >= 4 is 17.6 Å². The zero-order chi connectivity index (χ0) is 14.6. The third-order valence-electron chi connectivity index (χ3n) is 2.01. The Hall–Kier alpha value is -1.57. The van der Waals surface area contributed by atoms with Crippen molar-refractivity contribution in [1.82, 2.24) is 4.98 Å². The predicted octanol–water partition coefficient (Wildman–Crippen LogP) is 2.57. The van der Waals surface area contributed by atoms with E-state index in [1.807, 2.05) is 0 Å². The van der Waals surface area contributed by atoms with Gasteiger partial charge in [0.15, 0.2) is 0 Å². The smallest absolute Gasteiger partial charge is 0.469 e. The number of hydrogen-bond acceptors (Lipinski definition) is 4. The van der Waals surface area contributed by atoms with Crippen LogP contribution in [0.15, 0.2) is 6.07 Å². The molecule has 9 heteroatoms. The van der Waals surface area contributed by atoms with Crippen molar-refractivity contribution in [2.24, 2.45) is 0 Å². The molecule has 0 bridgehead atoms. The summed E-state index contributed by atoms with van der Waals surface area (Å²) in [6.07, 6.45) is -5.48. The van der Waals surface area contributed by atoms with Gasteiger partial charge in [0.1, 0.15) is 0 Å². The minimum absolute atomic E-state index is 0.181. The first-order valence-corrected chi connectivity index (χ1v) is 5.37. The van der Waals surface area contributed by atoms with Crippen LogP contribution in [0, 0.1) is 5.95 Å². The molecule has 0 saturated heterocycles. The molecular formula is C10H8ClF4NO3. The maximum Gasteiger partial charge on any atom is 0.574 e. The summed E-state index contributed by atoms with van der Waals surface area (Å²) >= 11 is 5.43. The molecule has 1 rings (SSSR count). The fourth-order valence-electron chi connectivity index (χ4n) is 1.21. The first kappa shape index (κ1) is 15.5. The van der Waals surface area contributed by atoms with Gasteiger partial charge in [-0.05, 0) is 6.07 Å². The van der Waals surface area contributed by atoms with Crippen molar-refractivity contribution < 1.29 is 31.8 Å². The number of halogens is 5. The van der Waals surface area contributed by atoms with Crippen LogP contribution in [0.5, 0.6) is 5.88 Å². The zero-order valence-electron chi connectivity index (χ0n) is 9.55. The number of esters is 1. The van der Waals surface area contributed by atoms with Gasteiger partial charge < -0.3 is 9.47 Å². The Balaban J connectivity index is 3.10. The van der Waals surface area contributed by atoms with E-state index in [-0.39, 0.29) is 17.0 Å². The van der Waals surface area contributed by atoms with Gasteiger partial charge in [-0.25, -0.2) is 0 Å². The molecule has 0 amide bonds. The fourth-order valence-corrected chi connectivity index (χ4v) is 1.40. The lowest BCUT2D eigenvalue weighted by Gasteiger charge is -2.12. The highest BCUT2D eigenvalue weighted by Crippen LogP contribution is 2.27. The molecule has 106 valence electrons. The molecule has 0 aliphatic rings. The second-order valence-electron chi connectivity index (χ2n) is 3.34. The number of carbonyl (C=O) groups excluding carboxylic acids is 1. The second-order valence-corrected chi connectivity index (χ2v) is 3.60. The molecule has 4 nitrogen and oxygen atoms in total. The van der Waals surface area contributed by atoms with Crippen molar-refractivity contribution in [2.45, 2.75) is 18.7 Å². The summed E-state index contributed by atoms with van der Waals surface area (Å²) in [5.41, 5.74) is -0.406. The largest absolute Gasteiger partial charge is 0.574 e. The van der Waals surface area contributed by atoms with E-state index in [1.54, 1.807) is 0 Å². The average molecular weight is 302 g/mol. The Kier molecular flexibility index (Phi) is 4.93. The minimum atomic E-state index is -5.01. The number of rotatable bonds is 4. The van der Waals surface area contributed by atoms with E-state index < -0.39 is 30.6 Å². The van der Waals surface area contributed by atoms with Gasteiger partial charge in [-0.1, -0.05) is 0 Å². The molecule has 0 radical (unpaired) electrons. The molecule has 0 aliphatic carbocycles. The van der Waals surface area contributed by atoms with E-state index in [1.165, 1.54) is 0 Å². The van der Waals surface area contributed by atoms with E-state index in [0.29, 0.717) is 0 Å². The molecule has 0 atom stereocenters. The van der Waals surface area contributed by atoms with Crippen LogP contribution >= 0.6 is 11.6 Å². The molecular weight excluding hydrogens is 294 g/mol. The normalized spacial score (nSPS) is 11.3. The van der Waals surface area contributed by atoms with Gasteiger partial charge >= 0.3 is 12.3 Å². The molecule has 0 fully saturated rings. The zero-order valence-corrected chi connectivity index (χ0v) is 10.3. The van der Waals surface area contributed by atoms with Crippen molar-refractivity contribution in [3.8, 4) is 5.88 Å². The summed E-state index contributed by atoms with van der Waals surface area (Å²) in [7, 11) is 1.09. The van der Waals surface area contributed by atoms with E-state index in [0.717, 1.165) is 13.2 Å². The van der Waals surface area contributed by atoms with Gasteiger partial charge in [-0.3, -0.25) is 4.79 Å². The van der Waals surface area contributed by atoms with Crippen molar-refractivity contribution in [3.05, 3.63) is 23.1 Å². The van der Waals surface area contributed by atoms with Crippen LogP contribution in [-0.4, -0.2) is 24.4 Å². The monoisotopic (exact) mass is 301 g/mol. The van der Waals surface area contributed by atoms with Gasteiger partial charge in [0.05, 0.1) is 19.4 Å². The van der Waals surface area contributed by atoms with Crippen LogP contribution in [0.3, 0.4) is 0 Å². The Morgan fingerprint density at radius 3 is 2.53 bits per heavy atom. The Labute approximate surface area is 110 Å². The number of methoxy groups -OCH3 is 1. The SMILES string of the molecule is COC(=O)Cc1cc(CCl)c(OC(F)(F)F)nc1F. The first-order chi connectivity index (χ1) is 8.76. The second kappa shape index (κ2) is 6.05. The first-order valence-electron chi connectivity index (χ1n) is 4.83. The highest BCUT2D eigenvalue weighted by molar-refractivity contribution is 6.17. The minimum Gasteiger partial charge on any atom is -0.469 e. The summed E-state index contributed by atoms with van der Waals surface area (Å²) in [5, 5.41) is 0. The Bertz CT molecular complexity index is 479. The highest BCUT2D eigenvalue weighted by Gasteiger charge is 2.33. The van der Waals surface area contributed by atoms with Crippen molar-refractivity contribution in [1.29, 1.82) is 0 Å². The Morgan fingerprint density at radius 1 is 1.42 bits per heavy atom. The molecule has 0 saturated carbocycles. The molecule has 19 heavy (non-hydrogen) atoms. The molecule has 1 aromatic heterocycles. The number of alkyl halides is 4. The van der Waals surface area contributed by atoms with Crippen LogP contribution in [-0.2, 0) is 21.8 Å². The third-order valence-corrected chi connectivity index (χ3v) is 2.29. The van der Waals surface area contributed by atoms with Gasteiger partial charge in [0, 0.05) is 11.1 Å². The highest BCUT2D eigenvalue weighted by atomic mass is 35.5. The predicted molar refractivity (Wildman–Crippen MR) is 56.2 cm³/mol. The summed E-state index contributed by atoms with van der Waals surface area (Å²) in [6, 6.07) is 0.979. The molecule has 1 aromatic rings. The maximum absolute atomic E-state index is 13.4. The molecule has 0 N–H and O–H groups in total. The topological polar surface area (TPSA) is 48.4 Å². The van der Waals surface area contributed by atoms with E-state index in [9.17, 15) is 22.4 Å². The van der Waals surface area contributed by atoms with Crippen molar-refractivity contribution in [3.63, 3.8) is 0 Å². The van der Waals surface area contributed by atoms with Crippen LogP contribution in [0.2, 0.25) is 0 Å². The van der Waals surface area contributed by atoms with Gasteiger partial charge in [0.25, 0.3) is 0 Å². The molecule has 0 aliphatic heterocycles. The lowest BCUT2D eigenvalue weighted by Crippen LogP contribution is -2.20. The number of hydrogen-bond donors (Lipinski definition) is 0. The summed E-state index contributed by atoms with van der Waals surface area (Å²) < 4.78 is 57.4. The number of nitrogens with zero attached hydrogens (tertiary/aromatic N) is 1. The van der Waals surface area contributed by atoms with Gasteiger partial charge in [0.2, 0.25) is 11.8 Å². The summed E-state index contributed by atoms with van der Waals surface area (Å²) in [6.45, 7) is 0.